The number of halogens is 1. The highest BCUT2D eigenvalue weighted by Gasteiger charge is 2.05. The maximum Gasteiger partial charge on any atom is 0.254 e. The second-order valence-corrected chi connectivity index (χ2v) is 4.86. The zero-order chi connectivity index (χ0) is 15.0. The van der Waals surface area contributed by atoms with Crippen molar-refractivity contribution < 1.29 is 9.59 Å². The van der Waals surface area contributed by atoms with E-state index in [0.29, 0.717) is 11.4 Å². The van der Waals surface area contributed by atoms with Gasteiger partial charge in [0.1, 0.15) is 6.42 Å². The molecule has 0 saturated heterocycles. The number of hydrogen-bond donors (Lipinski definition) is 2. The first kappa shape index (κ1) is 15.9. The Kier molecular flexibility index (Phi) is 6.40. The number of nitrogens with zero attached hydrogens (tertiary/aromatic N) is 2. The molecule has 6 nitrogen and oxygen atoms in total. The van der Waals surface area contributed by atoms with Crippen LogP contribution in [0, 0.1) is 11.3 Å². The van der Waals surface area contributed by atoms with Crippen LogP contribution in [-0.4, -0.2) is 17.5 Å². The Morgan fingerprint density at radius 2 is 1.95 bits per heavy atom. The molecule has 0 unspecified atom stereocenters. The van der Waals surface area contributed by atoms with E-state index in [1.807, 2.05) is 12.1 Å². The SMILES string of the molecule is C/C(CC(=O)Nc1ccc(Br)cc1)=N/NC(=O)CC#N. The summed E-state index contributed by atoms with van der Waals surface area (Å²) in [6, 6.07) is 8.88. The third-order valence-corrected chi connectivity index (χ3v) is 2.68. The zero-order valence-electron chi connectivity index (χ0n) is 10.8. The Bertz CT molecular complexity index is 561. The van der Waals surface area contributed by atoms with Crippen LogP contribution in [0.4, 0.5) is 5.69 Å². The summed E-state index contributed by atoms with van der Waals surface area (Å²) in [4.78, 5) is 22.7. The quantitative estimate of drug-likeness (QED) is 0.637. The van der Waals surface area contributed by atoms with Gasteiger partial charge in [0.05, 0.1) is 12.5 Å². The van der Waals surface area contributed by atoms with Gasteiger partial charge in [-0.2, -0.15) is 10.4 Å². The number of benzene rings is 1. The third-order valence-electron chi connectivity index (χ3n) is 2.16. The molecule has 0 aromatic heterocycles. The molecule has 0 aliphatic rings. The number of hydrazone groups is 1. The molecule has 0 fully saturated rings. The van der Waals surface area contributed by atoms with Gasteiger partial charge >= 0.3 is 0 Å². The van der Waals surface area contributed by atoms with Crippen molar-refractivity contribution in [3.8, 4) is 6.07 Å². The number of carbonyl (C=O) groups is 2. The fourth-order valence-electron chi connectivity index (χ4n) is 1.28. The minimum absolute atomic E-state index is 0.0584. The van der Waals surface area contributed by atoms with Crippen molar-refractivity contribution in [1.29, 1.82) is 5.26 Å². The van der Waals surface area contributed by atoms with Gasteiger partial charge in [0.2, 0.25) is 5.91 Å². The lowest BCUT2D eigenvalue weighted by Crippen LogP contribution is -2.20. The largest absolute Gasteiger partial charge is 0.326 e. The standard InChI is InChI=1S/C13H13BrN4O2/c1-9(17-18-12(19)6-7-15)8-13(20)16-11-4-2-10(14)3-5-11/h2-5H,6,8H2,1H3,(H,16,20)(H,18,19)/b17-9-. The van der Waals surface area contributed by atoms with Crippen LogP contribution in [0.3, 0.4) is 0 Å². The van der Waals surface area contributed by atoms with Crippen LogP contribution in [-0.2, 0) is 9.59 Å². The summed E-state index contributed by atoms with van der Waals surface area (Å²) in [6.07, 6.45) is -0.204. The Labute approximate surface area is 125 Å². The first-order valence-corrected chi connectivity index (χ1v) is 6.55. The first-order valence-electron chi connectivity index (χ1n) is 5.75. The molecule has 0 spiro atoms. The summed E-state index contributed by atoms with van der Waals surface area (Å²) in [5.74, 6) is -0.733. The molecule has 0 radical (unpaired) electrons. The topological polar surface area (TPSA) is 94.3 Å². The molecule has 20 heavy (non-hydrogen) atoms. The van der Waals surface area contributed by atoms with Crippen LogP contribution in [0.2, 0.25) is 0 Å². The average Bonchev–Trinajstić information content (AvgIpc) is 2.39. The number of carbonyl (C=O) groups excluding carboxylic acids is 2. The van der Waals surface area contributed by atoms with Gasteiger partial charge < -0.3 is 5.32 Å². The van der Waals surface area contributed by atoms with Gasteiger partial charge in [0.15, 0.2) is 0 Å². The summed E-state index contributed by atoms with van der Waals surface area (Å²) in [6.45, 7) is 1.62. The monoisotopic (exact) mass is 336 g/mol. The summed E-state index contributed by atoms with van der Waals surface area (Å²) in [7, 11) is 0. The van der Waals surface area contributed by atoms with E-state index in [0.717, 1.165) is 4.47 Å². The molecular formula is C13H13BrN4O2. The summed E-state index contributed by atoms with van der Waals surface area (Å²) >= 11 is 3.30. The molecule has 104 valence electrons. The second-order valence-electron chi connectivity index (χ2n) is 3.95. The van der Waals surface area contributed by atoms with Crippen molar-refractivity contribution in [2.45, 2.75) is 19.8 Å². The lowest BCUT2D eigenvalue weighted by Gasteiger charge is -2.05. The Balaban J connectivity index is 2.45. The lowest BCUT2D eigenvalue weighted by atomic mass is 10.2. The summed E-state index contributed by atoms with van der Waals surface area (Å²) in [5, 5.41) is 14.7. The van der Waals surface area contributed by atoms with E-state index in [-0.39, 0.29) is 18.7 Å². The molecule has 0 bridgehead atoms. The van der Waals surface area contributed by atoms with Crippen molar-refractivity contribution in [2.24, 2.45) is 5.10 Å². The molecule has 7 heteroatoms. The van der Waals surface area contributed by atoms with E-state index < -0.39 is 5.91 Å². The molecule has 0 aliphatic heterocycles. The molecule has 2 amide bonds. The van der Waals surface area contributed by atoms with Gasteiger partial charge in [0, 0.05) is 15.9 Å². The molecule has 0 aliphatic carbocycles. The molecule has 0 heterocycles. The molecule has 0 atom stereocenters. The predicted molar refractivity (Wildman–Crippen MR) is 78.9 cm³/mol. The number of nitrogens with one attached hydrogen (secondary N) is 2. The van der Waals surface area contributed by atoms with Gasteiger partial charge in [-0.05, 0) is 31.2 Å². The minimum atomic E-state index is -0.500. The van der Waals surface area contributed by atoms with Crippen LogP contribution in [0.5, 0.6) is 0 Å². The fourth-order valence-corrected chi connectivity index (χ4v) is 1.54. The smallest absolute Gasteiger partial charge is 0.254 e. The van der Waals surface area contributed by atoms with E-state index in [9.17, 15) is 9.59 Å². The van der Waals surface area contributed by atoms with Gasteiger partial charge in [-0.3, -0.25) is 9.59 Å². The molecule has 0 saturated carbocycles. The maximum atomic E-state index is 11.7. The zero-order valence-corrected chi connectivity index (χ0v) is 12.4. The highest BCUT2D eigenvalue weighted by Crippen LogP contribution is 2.14. The van der Waals surface area contributed by atoms with E-state index >= 15 is 0 Å². The number of rotatable bonds is 5. The summed E-state index contributed by atoms with van der Waals surface area (Å²) in [5.41, 5.74) is 3.33. The fraction of sp³-hybridized carbons (Fsp3) is 0.231. The Morgan fingerprint density at radius 3 is 2.55 bits per heavy atom. The van der Waals surface area contributed by atoms with Crippen LogP contribution in [0.1, 0.15) is 19.8 Å². The third kappa shape index (κ3) is 6.11. The van der Waals surface area contributed by atoms with Crippen molar-refractivity contribution in [3.05, 3.63) is 28.7 Å². The van der Waals surface area contributed by atoms with E-state index in [2.05, 4.69) is 31.8 Å². The molecule has 2 N–H and O–H groups in total. The molecule has 1 aromatic rings. The van der Waals surface area contributed by atoms with Crippen LogP contribution < -0.4 is 10.7 Å². The normalized spacial score (nSPS) is 10.6. The number of nitriles is 1. The Morgan fingerprint density at radius 1 is 1.30 bits per heavy atom. The summed E-state index contributed by atoms with van der Waals surface area (Å²) < 4.78 is 0.924. The second kappa shape index (κ2) is 8.07. The highest BCUT2D eigenvalue weighted by molar-refractivity contribution is 9.10. The van der Waals surface area contributed by atoms with Gasteiger partial charge in [-0.1, -0.05) is 15.9 Å². The van der Waals surface area contributed by atoms with Crippen LogP contribution >= 0.6 is 15.9 Å². The van der Waals surface area contributed by atoms with Crippen LogP contribution in [0.15, 0.2) is 33.8 Å². The number of hydrogen-bond acceptors (Lipinski definition) is 4. The molecule has 1 rings (SSSR count). The van der Waals surface area contributed by atoms with Gasteiger partial charge in [0.25, 0.3) is 5.91 Å². The van der Waals surface area contributed by atoms with E-state index in [1.54, 1.807) is 25.1 Å². The van der Waals surface area contributed by atoms with Crippen molar-refractivity contribution in [2.75, 3.05) is 5.32 Å². The lowest BCUT2D eigenvalue weighted by molar-refractivity contribution is -0.120. The van der Waals surface area contributed by atoms with Crippen LogP contribution in [0.25, 0.3) is 0 Å². The average molecular weight is 337 g/mol. The number of amides is 2. The number of anilines is 1. The minimum Gasteiger partial charge on any atom is -0.326 e. The van der Waals surface area contributed by atoms with Gasteiger partial charge in [-0.15, -0.1) is 0 Å². The maximum absolute atomic E-state index is 11.7. The van der Waals surface area contributed by atoms with Crippen molar-refractivity contribution in [1.82, 2.24) is 5.43 Å². The van der Waals surface area contributed by atoms with Crippen molar-refractivity contribution >= 4 is 39.1 Å². The molecule has 1 aromatic carbocycles. The Hall–Kier alpha value is -2.20. The first-order chi connectivity index (χ1) is 9.51. The van der Waals surface area contributed by atoms with E-state index in [1.165, 1.54) is 0 Å². The highest BCUT2D eigenvalue weighted by atomic mass is 79.9. The molecular weight excluding hydrogens is 324 g/mol. The van der Waals surface area contributed by atoms with E-state index in [4.69, 9.17) is 5.26 Å². The predicted octanol–water partition coefficient (Wildman–Crippen LogP) is 2.18. The van der Waals surface area contributed by atoms with Crippen molar-refractivity contribution in [3.63, 3.8) is 0 Å². The van der Waals surface area contributed by atoms with Gasteiger partial charge in [-0.25, -0.2) is 5.43 Å².